The molecule has 3 aliphatic heterocycles. The average molecular weight is 1260 g/mol. The summed E-state index contributed by atoms with van der Waals surface area (Å²) in [5.41, 5.74) is 19.2. The summed E-state index contributed by atoms with van der Waals surface area (Å²) >= 11 is 0. The van der Waals surface area contributed by atoms with E-state index in [0.717, 1.165) is 150 Å². The van der Waals surface area contributed by atoms with Crippen molar-refractivity contribution in [1.29, 1.82) is 0 Å². The van der Waals surface area contributed by atoms with E-state index >= 15 is 0 Å². The second-order valence-corrected chi connectivity index (χ2v) is 26.9. The number of β-amino-alcohol motifs (C(OH)–C–C–N with tert-alkyl or cyclic N) is 1. The topological polar surface area (TPSA) is 211 Å². The van der Waals surface area contributed by atoms with Crippen LogP contribution in [0.5, 0.6) is 0 Å². The van der Waals surface area contributed by atoms with Crippen LogP contribution in [0.3, 0.4) is 0 Å². The maximum absolute atomic E-state index is 13.2. The number of aromatic nitrogens is 14. The van der Waals surface area contributed by atoms with Gasteiger partial charge in [0.1, 0.15) is 28.3 Å². The van der Waals surface area contributed by atoms with Crippen molar-refractivity contribution in [2.45, 2.75) is 130 Å². The third-order valence-electron chi connectivity index (χ3n) is 20.1. The molecule has 4 fully saturated rings. The quantitative estimate of drug-likeness (QED) is 0.142. The Morgan fingerprint density at radius 3 is 1.36 bits per heavy atom. The van der Waals surface area contributed by atoms with Crippen LogP contribution in [0.4, 0.5) is 0 Å². The van der Waals surface area contributed by atoms with Crippen LogP contribution in [0.15, 0.2) is 118 Å². The third-order valence-corrected chi connectivity index (χ3v) is 20.1. The molecule has 1 saturated carbocycles. The molecule has 12 aromatic rings. The number of hydrogen-bond acceptors (Lipinski definition) is 15. The van der Waals surface area contributed by atoms with Gasteiger partial charge >= 0.3 is 0 Å². The Morgan fingerprint density at radius 1 is 0.457 bits per heavy atom. The van der Waals surface area contributed by atoms with Gasteiger partial charge in [0, 0.05) is 73.6 Å². The van der Waals surface area contributed by atoms with Gasteiger partial charge in [0.15, 0.2) is 0 Å². The Bertz CT molecular complexity index is 5070. The molecule has 0 unspecified atom stereocenters. The third kappa shape index (κ3) is 12.5. The molecule has 3 saturated heterocycles. The molecular weight excluding hydrogens is 1180 g/mol. The van der Waals surface area contributed by atoms with Crippen LogP contribution < -0.4 is 16.7 Å². The van der Waals surface area contributed by atoms with Crippen LogP contribution in [0.1, 0.15) is 132 Å². The Labute approximate surface area is 545 Å². The Morgan fingerprint density at radius 2 is 0.904 bits per heavy atom. The van der Waals surface area contributed by atoms with Gasteiger partial charge in [-0.25, -0.2) is 24.0 Å². The van der Waals surface area contributed by atoms with E-state index in [9.17, 15) is 14.4 Å². The summed E-state index contributed by atoms with van der Waals surface area (Å²) in [7, 11) is 4.08. The zero-order chi connectivity index (χ0) is 65.2. The van der Waals surface area contributed by atoms with E-state index in [-0.39, 0.29) is 23.3 Å². The highest BCUT2D eigenvalue weighted by molar-refractivity contribution is 5.84. The van der Waals surface area contributed by atoms with Gasteiger partial charge in [-0.1, -0.05) is 30.7 Å². The Balaban J connectivity index is 0.000000122. The van der Waals surface area contributed by atoms with Crippen molar-refractivity contribution in [3.63, 3.8) is 0 Å². The molecule has 16 rings (SSSR count). The van der Waals surface area contributed by atoms with Crippen molar-refractivity contribution in [2.24, 2.45) is 7.05 Å². The lowest BCUT2D eigenvalue weighted by atomic mass is 9.85. The minimum Gasteiger partial charge on any atom is -0.395 e. The van der Waals surface area contributed by atoms with Crippen LogP contribution in [-0.2, 0) is 7.05 Å². The zero-order valence-corrected chi connectivity index (χ0v) is 55.4. The number of aliphatic hydroxyl groups excluding tert-OH is 1. The number of aryl methyl sites for hydroxylation is 8. The predicted molar refractivity (Wildman–Crippen MR) is 367 cm³/mol. The molecule has 14 heterocycles. The van der Waals surface area contributed by atoms with Crippen LogP contribution in [0, 0.1) is 48.5 Å². The van der Waals surface area contributed by atoms with Crippen molar-refractivity contribution in [2.75, 3.05) is 59.5 Å². The van der Waals surface area contributed by atoms with Crippen molar-refractivity contribution < 1.29 is 5.11 Å². The lowest BCUT2D eigenvalue weighted by molar-refractivity contribution is 0.0975. The largest absolute Gasteiger partial charge is 0.395 e. The molecule has 0 bridgehead atoms. The van der Waals surface area contributed by atoms with Crippen LogP contribution in [-0.4, -0.2) is 152 Å². The smallest absolute Gasteiger partial charge is 0.258 e. The van der Waals surface area contributed by atoms with Crippen LogP contribution in [0.2, 0.25) is 0 Å². The van der Waals surface area contributed by atoms with Crippen LogP contribution in [0.25, 0.3) is 72.9 Å². The van der Waals surface area contributed by atoms with E-state index in [2.05, 4.69) is 72.1 Å². The molecular formula is C73H83N17O4. The number of pyridine rings is 3. The fourth-order valence-electron chi connectivity index (χ4n) is 14.7. The number of likely N-dealkylation sites (tertiary alicyclic amines) is 3. The van der Waals surface area contributed by atoms with Crippen molar-refractivity contribution >= 4 is 38.9 Å². The number of benzene rings is 1. The summed E-state index contributed by atoms with van der Waals surface area (Å²) in [4.78, 5) is 70.0. The molecule has 0 amide bonds. The lowest BCUT2D eigenvalue weighted by Crippen LogP contribution is -2.44. The summed E-state index contributed by atoms with van der Waals surface area (Å²) in [5, 5.41) is 23.9. The number of hydrogen-bond donors (Lipinski definition) is 1. The minimum atomic E-state index is -0.101. The van der Waals surface area contributed by atoms with E-state index in [1.807, 2.05) is 121 Å². The lowest BCUT2D eigenvalue weighted by Gasteiger charge is -2.42. The number of piperidine rings is 3. The summed E-state index contributed by atoms with van der Waals surface area (Å²) in [6.07, 6.45) is 22.5. The van der Waals surface area contributed by atoms with E-state index in [1.165, 1.54) is 49.0 Å². The molecule has 21 heteroatoms. The molecule has 94 heavy (non-hydrogen) atoms. The van der Waals surface area contributed by atoms with Crippen molar-refractivity contribution in [3.05, 3.63) is 191 Å². The number of nitrogens with zero attached hydrogens (tertiary/aromatic N) is 17. The summed E-state index contributed by atoms with van der Waals surface area (Å²) in [6.45, 7) is 21.3. The van der Waals surface area contributed by atoms with E-state index in [0.29, 0.717) is 57.5 Å². The first-order chi connectivity index (χ1) is 45.4. The molecule has 1 aromatic carbocycles. The highest BCUT2D eigenvalue weighted by Crippen LogP contribution is 2.36. The van der Waals surface area contributed by atoms with Crippen LogP contribution >= 0.6 is 0 Å². The molecule has 1 aliphatic carbocycles. The van der Waals surface area contributed by atoms with E-state index < -0.39 is 0 Å². The predicted octanol–water partition coefficient (Wildman–Crippen LogP) is 9.93. The molecule has 21 nitrogen and oxygen atoms in total. The SMILES string of the molecule is Cc1cc(C2CCN(C)CC2)cn2c(=O)cc(-c3ccc4nn(C)cc4c3)nc12.Cc1cn2nc(-c3cc(=O)n4cc(C5CCN(C6CCC6)CC5)cc(C)c4n3)cc2c(C)n1.Cc1cn2nc(-c3cc(=O)n4cc(C5CCN(CCO)CC5)cc(C)c4n3)cc2c(C)n1. The van der Waals surface area contributed by atoms with Gasteiger partial charge < -0.3 is 19.8 Å². The number of aliphatic hydroxyl groups is 1. The monoisotopic (exact) mass is 1260 g/mol. The number of fused-ring (bicyclic) bond motifs is 6. The van der Waals surface area contributed by atoms with Gasteiger partial charge in [-0.2, -0.15) is 15.3 Å². The highest BCUT2D eigenvalue weighted by Gasteiger charge is 2.30. The molecule has 484 valence electrons. The standard InChI is InChI=1S/C26H30N6O.C24H28N6O2.C23H25N5O/c1-16-11-20(19-7-9-30(10-8-19)21-5-4-6-21)15-31-25(33)13-22(28-26(16)31)23-12-24-18(3)27-17(2)14-32(24)29-23;1-15-10-19(18-4-6-28(7-5-18)8-9-31)14-29-23(32)12-20(26-24(15)29)21-11-22-17(3)25-16(2)13-30(22)27-21;1-15-10-18(16-6-8-26(2)9-7-16)14-28-22(29)12-21(24-23(15)28)17-4-5-20-19(11-17)13-27(3)25-20/h11-15,19,21H,4-10H2,1-3H3;10-14,18,31H,4-9H2,1-3H3;4-5,10-14,16H,6-9H2,1-3H3. The maximum Gasteiger partial charge on any atom is 0.258 e. The highest BCUT2D eigenvalue weighted by atomic mass is 16.3. The van der Waals surface area contributed by atoms with Gasteiger partial charge in [-0.3, -0.25) is 42.2 Å². The summed E-state index contributed by atoms with van der Waals surface area (Å²) in [5.74, 6) is 1.43. The fraction of sp³-hybridized carbons (Fsp3) is 0.411. The molecule has 0 radical (unpaired) electrons. The second kappa shape index (κ2) is 25.6. The first-order valence-corrected chi connectivity index (χ1v) is 33.4. The molecule has 11 aromatic heterocycles. The average Bonchev–Trinajstić information content (AvgIpc) is 0.900. The second-order valence-electron chi connectivity index (χ2n) is 26.9. The van der Waals surface area contributed by atoms with E-state index in [1.54, 1.807) is 40.6 Å². The van der Waals surface area contributed by atoms with Gasteiger partial charge in [0.25, 0.3) is 16.7 Å². The van der Waals surface area contributed by atoms with E-state index in [4.69, 9.17) is 20.1 Å². The summed E-state index contributed by atoms with van der Waals surface area (Å²) < 4.78 is 10.5. The van der Waals surface area contributed by atoms with Crippen molar-refractivity contribution in [3.8, 4) is 34.0 Å². The summed E-state index contributed by atoms with van der Waals surface area (Å²) in [6, 6.07) is 22.1. The molecule has 4 aliphatic rings. The minimum absolute atomic E-state index is 0.0332. The normalized spacial score (nSPS) is 16.7. The fourth-order valence-corrected chi connectivity index (χ4v) is 14.7. The first kappa shape index (κ1) is 62.3. The maximum atomic E-state index is 13.2. The van der Waals surface area contributed by atoms with Gasteiger partial charge in [0.2, 0.25) is 0 Å². The Hall–Kier alpha value is -9.15. The molecule has 0 spiro atoms. The van der Waals surface area contributed by atoms with Crippen molar-refractivity contribution in [1.82, 2.24) is 81.8 Å². The molecule has 1 N–H and O–H groups in total. The van der Waals surface area contributed by atoms with Gasteiger partial charge in [0.05, 0.1) is 75.4 Å². The first-order valence-electron chi connectivity index (χ1n) is 33.4. The molecule has 0 atom stereocenters. The van der Waals surface area contributed by atoms with Gasteiger partial charge in [-0.15, -0.1) is 0 Å². The van der Waals surface area contributed by atoms with Gasteiger partial charge in [-0.05, 0) is 222 Å². The number of rotatable bonds is 9. The zero-order valence-electron chi connectivity index (χ0n) is 55.4. The Kier molecular flexibility index (Phi) is 17.0.